The number of carbonyl (C=O) groups excluding carboxylic acids is 2. The molecule has 1 saturated heterocycles. The number of halogens is 1. The van der Waals surface area contributed by atoms with E-state index < -0.39 is 10.9 Å². The first-order valence-electron chi connectivity index (χ1n) is 9.26. The second kappa shape index (κ2) is 8.81. The van der Waals surface area contributed by atoms with Crippen molar-refractivity contribution in [3.63, 3.8) is 0 Å². The Morgan fingerprint density at radius 2 is 1.57 bits per heavy atom. The number of nitrogens with one attached hydrogen (secondary N) is 1. The van der Waals surface area contributed by atoms with E-state index in [0.29, 0.717) is 22.0 Å². The smallest absolute Gasteiger partial charge is 0.266 e. The largest absolute Gasteiger partial charge is 0.354 e. The molecule has 0 atom stereocenters. The fraction of sp³-hybridized carbons (Fsp3) is 0.0417. The number of thioether (sulfide) groups is 1. The highest BCUT2D eigenvalue weighted by molar-refractivity contribution is 9.10. The number of benzene rings is 3. The van der Waals surface area contributed by atoms with Crippen molar-refractivity contribution < 1.29 is 9.59 Å². The van der Waals surface area contributed by atoms with Crippen LogP contribution in [0.4, 0.5) is 11.4 Å². The average Bonchev–Trinajstić information content (AvgIpc) is 3.02. The van der Waals surface area contributed by atoms with Gasteiger partial charge in [0.2, 0.25) is 5.78 Å². The number of anilines is 1. The van der Waals surface area contributed by atoms with Crippen LogP contribution in [0.15, 0.2) is 93.9 Å². The van der Waals surface area contributed by atoms with E-state index in [4.69, 9.17) is 0 Å². The Morgan fingerprint density at radius 1 is 0.900 bits per heavy atom. The van der Waals surface area contributed by atoms with Gasteiger partial charge in [-0.3, -0.25) is 9.59 Å². The monoisotopic (exact) mass is 476 g/mol. The Morgan fingerprint density at radius 3 is 2.23 bits per heavy atom. The molecule has 30 heavy (non-hydrogen) atoms. The molecule has 1 fully saturated rings. The van der Waals surface area contributed by atoms with E-state index in [2.05, 4.69) is 26.2 Å². The molecular weight excluding hydrogens is 460 g/mol. The molecular formula is C24H17BrN2O2S. The molecule has 1 N–H and O–H groups in total. The van der Waals surface area contributed by atoms with Crippen LogP contribution in [-0.4, -0.2) is 15.9 Å². The first kappa shape index (κ1) is 20.3. The first-order chi connectivity index (χ1) is 14.5. The predicted octanol–water partition coefficient (Wildman–Crippen LogP) is 6.15. The van der Waals surface area contributed by atoms with Crippen LogP contribution in [0.1, 0.15) is 11.1 Å². The Balaban J connectivity index is 1.89. The molecule has 0 bridgehead atoms. The van der Waals surface area contributed by atoms with Crippen LogP contribution in [0, 0.1) is 6.92 Å². The number of ketones is 1. The highest BCUT2D eigenvalue weighted by Gasteiger charge is 2.37. The number of hydrogen-bond acceptors (Lipinski definition) is 5. The van der Waals surface area contributed by atoms with Crippen LogP contribution in [-0.2, 0) is 9.59 Å². The van der Waals surface area contributed by atoms with Crippen LogP contribution in [0.3, 0.4) is 0 Å². The highest BCUT2D eigenvalue weighted by Crippen LogP contribution is 2.34. The van der Waals surface area contributed by atoms with Gasteiger partial charge < -0.3 is 5.32 Å². The lowest BCUT2D eigenvalue weighted by atomic mass is 10.0. The van der Waals surface area contributed by atoms with E-state index >= 15 is 0 Å². The molecule has 148 valence electrons. The van der Waals surface area contributed by atoms with Crippen LogP contribution in [0.25, 0.3) is 5.70 Å². The van der Waals surface area contributed by atoms with Gasteiger partial charge in [0.15, 0.2) is 0 Å². The zero-order valence-corrected chi connectivity index (χ0v) is 18.5. The van der Waals surface area contributed by atoms with Crippen LogP contribution in [0.5, 0.6) is 0 Å². The molecule has 0 saturated carbocycles. The number of hydrogen-bond donors (Lipinski definition) is 1. The summed E-state index contributed by atoms with van der Waals surface area (Å²) in [6.07, 6.45) is 0. The Labute approximate surface area is 187 Å². The zero-order chi connectivity index (χ0) is 21.1. The van der Waals surface area contributed by atoms with E-state index in [1.54, 1.807) is 0 Å². The molecule has 0 aromatic heterocycles. The lowest BCUT2D eigenvalue weighted by Gasteiger charge is -2.15. The van der Waals surface area contributed by atoms with Gasteiger partial charge in [-0.25, -0.2) is 4.99 Å². The molecule has 0 aliphatic carbocycles. The van der Waals surface area contributed by atoms with Crippen molar-refractivity contribution in [1.82, 2.24) is 0 Å². The third-order valence-electron chi connectivity index (χ3n) is 4.51. The van der Waals surface area contributed by atoms with Crippen molar-refractivity contribution >= 4 is 60.7 Å². The van der Waals surface area contributed by atoms with Crippen LogP contribution in [0.2, 0.25) is 0 Å². The minimum absolute atomic E-state index is 0.292. The summed E-state index contributed by atoms with van der Waals surface area (Å²) in [6.45, 7) is 2.00. The van der Waals surface area contributed by atoms with Gasteiger partial charge in [-0.2, -0.15) is 0 Å². The SMILES string of the molecule is Cc1ccc(/C(Nc2ccc(Br)cc2)=C2\C(=O)C(=O)SC2=Nc2ccccc2)cc1. The van der Waals surface area contributed by atoms with Crippen molar-refractivity contribution in [1.29, 1.82) is 0 Å². The number of aryl methyl sites for hydroxylation is 1. The normalized spacial score (nSPS) is 16.8. The Hall–Kier alpha value is -2.96. The first-order valence-corrected chi connectivity index (χ1v) is 10.9. The van der Waals surface area contributed by atoms with E-state index in [1.165, 1.54) is 0 Å². The summed E-state index contributed by atoms with van der Waals surface area (Å²) < 4.78 is 0.951. The van der Waals surface area contributed by atoms with Crippen molar-refractivity contribution in [2.24, 2.45) is 4.99 Å². The number of para-hydroxylation sites is 1. The third kappa shape index (κ3) is 4.45. The van der Waals surface area contributed by atoms with Gasteiger partial charge in [0.05, 0.1) is 17.0 Å². The maximum Gasteiger partial charge on any atom is 0.266 e. The molecule has 6 heteroatoms. The topological polar surface area (TPSA) is 58.5 Å². The molecule has 4 rings (SSSR count). The van der Waals surface area contributed by atoms with Crippen LogP contribution < -0.4 is 5.32 Å². The van der Waals surface area contributed by atoms with E-state index in [-0.39, 0.29) is 0 Å². The van der Waals surface area contributed by atoms with Gasteiger partial charge in [0, 0.05) is 10.2 Å². The van der Waals surface area contributed by atoms with Gasteiger partial charge in [0.25, 0.3) is 5.12 Å². The van der Waals surface area contributed by atoms with Crippen molar-refractivity contribution in [2.45, 2.75) is 6.92 Å². The molecule has 1 aliphatic rings. The maximum atomic E-state index is 12.9. The van der Waals surface area contributed by atoms with Gasteiger partial charge >= 0.3 is 0 Å². The van der Waals surface area contributed by atoms with Gasteiger partial charge in [-0.1, -0.05) is 64.0 Å². The summed E-state index contributed by atoms with van der Waals surface area (Å²) in [5, 5.41) is 3.22. The fourth-order valence-electron chi connectivity index (χ4n) is 2.98. The molecule has 1 aliphatic heterocycles. The summed E-state index contributed by atoms with van der Waals surface area (Å²) in [4.78, 5) is 29.8. The lowest BCUT2D eigenvalue weighted by Crippen LogP contribution is -2.13. The van der Waals surface area contributed by atoms with Crippen molar-refractivity contribution in [2.75, 3.05) is 5.32 Å². The van der Waals surface area contributed by atoms with Crippen LogP contribution >= 0.6 is 27.7 Å². The minimum Gasteiger partial charge on any atom is -0.354 e. The van der Waals surface area contributed by atoms with E-state index in [9.17, 15) is 9.59 Å². The number of nitrogens with zero attached hydrogens (tertiary/aromatic N) is 1. The molecule has 0 amide bonds. The zero-order valence-electron chi connectivity index (χ0n) is 16.1. The molecule has 0 unspecified atom stereocenters. The molecule has 3 aromatic carbocycles. The third-order valence-corrected chi connectivity index (χ3v) is 5.89. The predicted molar refractivity (Wildman–Crippen MR) is 127 cm³/mol. The molecule has 4 nitrogen and oxygen atoms in total. The highest BCUT2D eigenvalue weighted by atomic mass is 79.9. The minimum atomic E-state index is -0.546. The average molecular weight is 477 g/mol. The fourth-order valence-corrected chi connectivity index (χ4v) is 4.06. The second-order valence-electron chi connectivity index (χ2n) is 6.72. The lowest BCUT2D eigenvalue weighted by molar-refractivity contribution is -0.128. The van der Waals surface area contributed by atoms with Crippen molar-refractivity contribution in [3.8, 4) is 0 Å². The number of aliphatic imine (C=N–C) groups is 1. The summed E-state index contributed by atoms with van der Waals surface area (Å²) in [7, 11) is 0. The quantitative estimate of drug-likeness (QED) is 0.362. The number of rotatable bonds is 4. The summed E-state index contributed by atoms with van der Waals surface area (Å²) in [5.41, 5.74) is 4.26. The van der Waals surface area contributed by atoms with Gasteiger partial charge in [0.1, 0.15) is 5.04 Å². The molecule has 0 radical (unpaired) electrons. The molecule has 3 aromatic rings. The summed E-state index contributed by atoms with van der Waals surface area (Å²) >= 11 is 4.31. The number of carbonyl (C=O) groups is 2. The van der Waals surface area contributed by atoms with Crippen molar-refractivity contribution in [3.05, 3.63) is 100 Å². The van der Waals surface area contributed by atoms with E-state index in [0.717, 1.165) is 33.0 Å². The number of Topliss-reactive ketones (excluding diaryl/α,β-unsaturated/α-hetero) is 1. The van der Waals surface area contributed by atoms with Gasteiger partial charge in [-0.15, -0.1) is 0 Å². The summed E-state index contributed by atoms with van der Waals surface area (Å²) in [5.74, 6) is -0.546. The van der Waals surface area contributed by atoms with Gasteiger partial charge in [-0.05, 0) is 60.6 Å². The Bertz CT molecular complexity index is 1170. The van der Waals surface area contributed by atoms with E-state index in [1.807, 2.05) is 85.8 Å². The molecule has 1 heterocycles. The molecule has 0 spiro atoms. The second-order valence-corrected chi connectivity index (χ2v) is 8.60. The maximum absolute atomic E-state index is 12.9. The Kier molecular flexibility index (Phi) is 5.97. The standard InChI is InChI=1S/C24H17BrN2O2S/c1-15-7-9-16(10-8-15)21(26-19-13-11-17(25)12-14-19)20-22(28)24(29)30-23(20)27-18-5-3-2-4-6-18/h2-14,26H,1H3/b21-20-,27-23?. The summed E-state index contributed by atoms with van der Waals surface area (Å²) in [6, 6.07) is 24.8.